The second kappa shape index (κ2) is 7.05. The minimum absolute atomic E-state index is 0.0960. The third kappa shape index (κ3) is 3.81. The van der Waals surface area contributed by atoms with Crippen LogP contribution in [-0.4, -0.2) is 15.9 Å². The van der Waals surface area contributed by atoms with Crippen LogP contribution in [0.15, 0.2) is 47.2 Å². The van der Waals surface area contributed by atoms with E-state index in [2.05, 4.69) is 31.2 Å². The molecule has 1 aromatic heterocycles. The molecule has 1 atom stereocenters. The monoisotopic (exact) mass is 333 g/mol. The van der Waals surface area contributed by atoms with Crippen LogP contribution in [-0.2, 0) is 4.79 Å². The van der Waals surface area contributed by atoms with E-state index in [0.717, 1.165) is 22.3 Å². The average Bonchev–Trinajstić information content (AvgIpc) is 2.98. The van der Waals surface area contributed by atoms with Crippen molar-refractivity contribution in [3.63, 3.8) is 0 Å². The fourth-order valence-corrected chi connectivity index (χ4v) is 2.24. The van der Waals surface area contributed by atoms with Gasteiger partial charge in [-0.3, -0.25) is 4.79 Å². The summed E-state index contributed by atoms with van der Waals surface area (Å²) < 4.78 is 0.960. The van der Waals surface area contributed by atoms with Crippen LogP contribution in [0.25, 0.3) is 6.08 Å². The van der Waals surface area contributed by atoms with Crippen molar-refractivity contribution >= 4 is 27.9 Å². The summed E-state index contributed by atoms with van der Waals surface area (Å²) in [5.41, 5.74) is 0.966. The third-order valence-electron chi connectivity index (χ3n) is 2.89. The number of amides is 1. The largest absolute Gasteiger partial charge is 0.347 e. The molecule has 0 aliphatic carbocycles. The lowest BCUT2D eigenvalue weighted by atomic mass is 10.2. The molecule has 104 valence electrons. The molecule has 4 nitrogen and oxygen atoms in total. The first kappa shape index (κ1) is 14.5. The molecule has 2 N–H and O–H groups in total. The van der Waals surface area contributed by atoms with E-state index in [0.29, 0.717) is 0 Å². The van der Waals surface area contributed by atoms with E-state index in [9.17, 15) is 4.79 Å². The topological polar surface area (TPSA) is 57.8 Å². The Bertz CT molecular complexity index is 593. The second-order valence-corrected chi connectivity index (χ2v) is 5.15. The van der Waals surface area contributed by atoms with Crippen LogP contribution in [0.4, 0.5) is 0 Å². The van der Waals surface area contributed by atoms with Crippen molar-refractivity contribution in [3.8, 4) is 0 Å². The van der Waals surface area contributed by atoms with Crippen LogP contribution < -0.4 is 5.32 Å². The van der Waals surface area contributed by atoms with E-state index in [1.807, 2.05) is 31.2 Å². The van der Waals surface area contributed by atoms with Crippen LogP contribution in [0.2, 0.25) is 0 Å². The number of carbonyl (C=O) groups excluding carboxylic acids is 1. The Balaban J connectivity index is 2.00. The number of nitrogens with one attached hydrogen (secondary N) is 2. The van der Waals surface area contributed by atoms with Crippen molar-refractivity contribution < 1.29 is 4.79 Å². The fraction of sp³-hybridized carbons (Fsp3) is 0.200. The number of aromatic nitrogens is 2. The molecular formula is C15H16BrN3O. The maximum absolute atomic E-state index is 11.9. The molecule has 0 aliphatic heterocycles. The Morgan fingerprint density at radius 1 is 1.50 bits per heavy atom. The number of hydrogen-bond acceptors (Lipinski definition) is 2. The lowest BCUT2D eigenvalue weighted by Gasteiger charge is -2.12. The minimum Gasteiger partial charge on any atom is -0.347 e. The van der Waals surface area contributed by atoms with E-state index < -0.39 is 0 Å². The van der Waals surface area contributed by atoms with Gasteiger partial charge in [0.2, 0.25) is 5.91 Å². The lowest BCUT2D eigenvalue weighted by molar-refractivity contribution is -0.117. The maximum Gasteiger partial charge on any atom is 0.244 e. The highest BCUT2D eigenvalue weighted by atomic mass is 79.9. The van der Waals surface area contributed by atoms with Gasteiger partial charge in [0.1, 0.15) is 5.82 Å². The highest BCUT2D eigenvalue weighted by Gasteiger charge is 2.12. The number of rotatable bonds is 5. The van der Waals surface area contributed by atoms with Gasteiger partial charge in [-0.1, -0.05) is 41.1 Å². The minimum atomic E-state index is -0.135. The lowest BCUT2D eigenvalue weighted by Crippen LogP contribution is -2.27. The van der Waals surface area contributed by atoms with E-state index in [1.165, 1.54) is 6.08 Å². The Kier molecular flexibility index (Phi) is 5.12. The first-order valence-electron chi connectivity index (χ1n) is 6.43. The first-order chi connectivity index (χ1) is 9.70. The predicted molar refractivity (Wildman–Crippen MR) is 82.9 cm³/mol. The maximum atomic E-state index is 11.9. The number of imidazole rings is 1. The van der Waals surface area contributed by atoms with Gasteiger partial charge in [0.15, 0.2) is 0 Å². The van der Waals surface area contributed by atoms with Gasteiger partial charge in [-0.05, 0) is 24.1 Å². The van der Waals surface area contributed by atoms with Gasteiger partial charge in [0, 0.05) is 22.9 Å². The zero-order valence-electron chi connectivity index (χ0n) is 11.1. The number of H-pyrrole nitrogens is 1. The number of benzene rings is 1. The normalized spacial score (nSPS) is 12.5. The molecule has 0 radical (unpaired) electrons. The second-order valence-electron chi connectivity index (χ2n) is 4.30. The average molecular weight is 334 g/mol. The molecule has 0 bridgehead atoms. The summed E-state index contributed by atoms with van der Waals surface area (Å²) in [6.07, 6.45) is 7.53. The highest BCUT2D eigenvalue weighted by Crippen LogP contribution is 2.17. The molecule has 1 amide bonds. The molecule has 2 aromatic rings. The summed E-state index contributed by atoms with van der Waals surface area (Å²) >= 11 is 3.44. The van der Waals surface area contributed by atoms with Gasteiger partial charge in [-0.25, -0.2) is 4.98 Å². The van der Waals surface area contributed by atoms with E-state index in [-0.39, 0.29) is 11.9 Å². The molecule has 1 aromatic carbocycles. The Hall–Kier alpha value is -1.88. The Morgan fingerprint density at radius 2 is 2.30 bits per heavy atom. The van der Waals surface area contributed by atoms with Crippen LogP contribution in [0.1, 0.15) is 30.8 Å². The molecule has 5 heteroatoms. The molecule has 2 rings (SSSR count). The molecule has 0 saturated carbocycles. The number of halogens is 1. The number of carbonyl (C=O) groups is 1. The molecular weight excluding hydrogens is 318 g/mol. The summed E-state index contributed by atoms with van der Waals surface area (Å²) in [5.74, 6) is 0.638. The molecule has 1 unspecified atom stereocenters. The van der Waals surface area contributed by atoms with Crippen LogP contribution in [0, 0.1) is 0 Å². The molecule has 0 saturated heterocycles. The van der Waals surface area contributed by atoms with Crippen molar-refractivity contribution in [2.75, 3.05) is 0 Å². The van der Waals surface area contributed by atoms with Crippen LogP contribution in [0.3, 0.4) is 0 Å². The quantitative estimate of drug-likeness (QED) is 0.823. The van der Waals surface area contributed by atoms with Crippen molar-refractivity contribution in [1.29, 1.82) is 0 Å². The van der Waals surface area contributed by atoms with Gasteiger partial charge in [-0.15, -0.1) is 0 Å². The molecule has 0 spiro atoms. The van der Waals surface area contributed by atoms with Crippen molar-refractivity contribution in [1.82, 2.24) is 15.3 Å². The van der Waals surface area contributed by atoms with Gasteiger partial charge in [0.25, 0.3) is 0 Å². The standard InChI is InChI=1S/C15H16BrN3O/c1-2-13(15-17-9-10-18-15)19-14(20)8-7-11-5-3-4-6-12(11)16/h3-10,13H,2H2,1H3,(H,17,18)(H,19,20)/b8-7+. The molecule has 0 fully saturated rings. The van der Waals surface area contributed by atoms with Crippen molar-refractivity contribution in [2.24, 2.45) is 0 Å². The van der Waals surface area contributed by atoms with Crippen LogP contribution in [0.5, 0.6) is 0 Å². The molecule has 20 heavy (non-hydrogen) atoms. The van der Waals surface area contributed by atoms with Gasteiger partial charge < -0.3 is 10.3 Å². The third-order valence-corrected chi connectivity index (χ3v) is 3.62. The van der Waals surface area contributed by atoms with E-state index in [1.54, 1.807) is 18.5 Å². The number of aromatic amines is 1. The predicted octanol–water partition coefficient (Wildman–Crippen LogP) is 3.45. The summed E-state index contributed by atoms with van der Waals surface area (Å²) in [5, 5.41) is 2.92. The van der Waals surface area contributed by atoms with Gasteiger partial charge >= 0.3 is 0 Å². The number of hydrogen-bond donors (Lipinski definition) is 2. The van der Waals surface area contributed by atoms with Crippen molar-refractivity contribution in [2.45, 2.75) is 19.4 Å². The van der Waals surface area contributed by atoms with Gasteiger partial charge in [-0.2, -0.15) is 0 Å². The zero-order chi connectivity index (χ0) is 14.4. The molecule has 0 aliphatic rings. The highest BCUT2D eigenvalue weighted by molar-refractivity contribution is 9.10. The van der Waals surface area contributed by atoms with Crippen LogP contribution >= 0.6 is 15.9 Å². The van der Waals surface area contributed by atoms with Gasteiger partial charge in [0.05, 0.1) is 6.04 Å². The zero-order valence-corrected chi connectivity index (χ0v) is 12.7. The van der Waals surface area contributed by atoms with E-state index in [4.69, 9.17) is 0 Å². The summed E-state index contributed by atoms with van der Waals surface area (Å²) in [7, 11) is 0. The van der Waals surface area contributed by atoms with Crippen molar-refractivity contribution in [3.05, 3.63) is 58.6 Å². The SMILES string of the molecule is CCC(NC(=O)/C=C/c1ccccc1Br)c1ncc[nH]1. The summed E-state index contributed by atoms with van der Waals surface area (Å²) in [6.45, 7) is 2.00. The molecule has 1 heterocycles. The fourth-order valence-electron chi connectivity index (χ4n) is 1.83. The first-order valence-corrected chi connectivity index (χ1v) is 7.22. The summed E-state index contributed by atoms with van der Waals surface area (Å²) in [6, 6.07) is 7.65. The smallest absolute Gasteiger partial charge is 0.244 e. The Morgan fingerprint density at radius 3 is 2.95 bits per heavy atom. The Labute approximate surface area is 126 Å². The number of nitrogens with zero attached hydrogens (tertiary/aromatic N) is 1. The summed E-state index contributed by atoms with van der Waals surface area (Å²) in [4.78, 5) is 19.1. The van der Waals surface area contributed by atoms with E-state index >= 15 is 0 Å².